The Bertz CT molecular complexity index is 2610. The van der Waals surface area contributed by atoms with Crippen LogP contribution in [0.2, 0.25) is 0 Å². The van der Waals surface area contributed by atoms with Crippen molar-refractivity contribution in [2.45, 2.75) is 80.1 Å². The molecule has 8 unspecified atom stereocenters. The Hall–Kier alpha value is -1.77. The molecule has 2 spiro atoms. The van der Waals surface area contributed by atoms with Gasteiger partial charge in [-0.15, -0.1) is 0 Å². The fourth-order valence-corrected chi connectivity index (χ4v) is 14.4. The second-order valence-corrected chi connectivity index (χ2v) is 21.9. The first-order valence-corrected chi connectivity index (χ1v) is 24.0. The van der Waals surface area contributed by atoms with Gasteiger partial charge in [-0.05, 0) is 210 Å². The van der Waals surface area contributed by atoms with Crippen molar-refractivity contribution in [3.05, 3.63) is 174 Å². The van der Waals surface area contributed by atoms with Gasteiger partial charge in [0.2, 0.25) is 0 Å². The van der Waals surface area contributed by atoms with Gasteiger partial charge in [0, 0.05) is 41.2 Å². The summed E-state index contributed by atoms with van der Waals surface area (Å²) in [7, 11) is 0. The Morgan fingerprint density at radius 3 is 0.969 bits per heavy atom. The molecule has 6 aromatic rings. The van der Waals surface area contributed by atoms with E-state index in [1.165, 1.54) is 57.2 Å². The van der Waals surface area contributed by atoms with Crippen LogP contribution in [0.25, 0.3) is 44.5 Å². The number of nitrogens with two attached hydrogens (primary N) is 2. The Labute approximate surface area is 470 Å². The number of hydrogen-bond acceptors (Lipinski definition) is 2. The predicted octanol–water partition coefficient (Wildman–Crippen LogP) is 10.5. The molecule has 8 atom stereocenters. The van der Waals surface area contributed by atoms with Crippen LogP contribution in [0.15, 0.2) is 145 Å². The monoisotopic (exact) mass is 1200 g/mol. The number of nitrogen functional groups attached to an aromatic ring is 2. The van der Waals surface area contributed by atoms with E-state index in [0.29, 0.717) is 40.4 Å². The van der Waals surface area contributed by atoms with E-state index in [0.717, 1.165) is 29.1 Å². The van der Waals surface area contributed by atoms with Crippen LogP contribution < -0.4 is 86.8 Å². The molecule has 64 heavy (non-hydrogen) atoms. The molecule has 0 saturated heterocycles. The van der Waals surface area contributed by atoms with Gasteiger partial charge in [0.1, 0.15) is 0 Å². The van der Waals surface area contributed by atoms with Crippen molar-refractivity contribution in [2.24, 2.45) is 34.5 Å². The van der Waals surface area contributed by atoms with Gasteiger partial charge in [-0.2, -0.15) is 0 Å². The average molecular weight is 1200 g/mol. The van der Waals surface area contributed by atoms with E-state index >= 15 is 0 Å². The van der Waals surface area contributed by atoms with Crippen LogP contribution in [0.4, 0.5) is 11.4 Å². The van der Waals surface area contributed by atoms with Crippen LogP contribution in [-0.4, -0.2) is 0 Å². The largest absolute Gasteiger partial charge is 1.00 e. The van der Waals surface area contributed by atoms with Gasteiger partial charge in [0.25, 0.3) is 0 Å². The first kappa shape index (κ1) is 50.1. The summed E-state index contributed by atoms with van der Waals surface area (Å²) in [4.78, 5) is 0. The van der Waals surface area contributed by atoms with Gasteiger partial charge in [-0.1, -0.05) is 139 Å². The Morgan fingerprint density at radius 2 is 0.703 bits per heavy atom. The zero-order chi connectivity index (χ0) is 41.6. The summed E-state index contributed by atoms with van der Waals surface area (Å²) >= 11 is 4.80. The van der Waals surface area contributed by atoms with E-state index in [2.05, 4.69) is 196 Å². The van der Waals surface area contributed by atoms with Crippen LogP contribution in [0.5, 0.6) is 0 Å². The number of rotatable bonds is 6. The van der Waals surface area contributed by atoms with Crippen LogP contribution in [0.1, 0.15) is 102 Å². The Morgan fingerprint density at radius 1 is 0.438 bits per heavy atom. The summed E-state index contributed by atoms with van der Waals surface area (Å²) in [6.07, 6.45) is 5.22. The Kier molecular flexibility index (Phi) is 14.3. The molecule has 0 amide bonds. The first-order chi connectivity index (χ1) is 28.9. The molecule has 6 aliphatic rings. The second kappa shape index (κ2) is 18.3. The molecule has 6 aromatic carbocycles. The molecule has 2 nitrogen and oxygen atoms in total. The van der Waals surface area contributed by atoms with Gasteiger partial charge < -0.3 is 35.4 Å². The van der Waals surface area contributed by atoms with Gasteiger partial charge >= 0.3 is 51.4 Å². The summed E-state index contributed by atoms with van der Waals surface area (Å²) in [5, 5.41) is 0. The van der Waals surface area contributed by atoms with Crippen LogP contribution in [0.3, 0.4) is 0 Å². The third-order valence-corrected chi connectivity index (χ3v) is 17.0. The molecule has 0 heterocycles. The molecule has 324 valence electrons. The van der Waals surface area contributed by atoms with E-state index in [1.54, 1.807) is 27.8 Å². The maximum absolute atomic E-state index is 5.98. The SMILES string of the molecule is C.C.CC1=CC23C1c1c(-c4ccc(I)cc4)ccc(-c4ccc(I)cc4)c1C2C3C(C)C.CC1=CC23C1c1c(-c4ccc(N)cc4)ccc(-c4ccc(N)cc4)c1C2C3C(C)C.[I-].[K+]. The summed E-state index contributed by atoms with van der Waals surface area (Å²) in [5.41, 5.74) is 34.7. The molecule has 0 bridgehead atoms. The number of halogens is 3. The van der Waals surface area contributed by atoms with Gasteiger partial charge in [0.05, 0.1) is 0 Å². The minimum absolute atomic E-state index is 0. The second-order valence-electron chi connectivity index (χ2n) is 19.4. The molecule has 2 fully saturated rings. The smallest absolute Gasteiger partial charge is 1.00 e. The van der Waals surface area contributed by atoms with Crippen molar-refractivity contribution in [1.82, 2.24) is 0 Å². The summed E-state index contributed by atoms with van der Waals surface area (Å²) in [5.74, 6) is 5.40. The summed E-state index contributed by atoms with van der Waals surface area (Å²) in [6, 6.07) is 44.4. The van der Waals surface area contributed by atoms with Crippen LogP contribution in [-0.2, 0) is 0 Å². The number of fused-ring (bicyclic) bond motifs is 6. The molecule has 6 aliphatic carbocycles. The number of anilines is 2. The normalized spacial score (nSPS) is 26.0. The minimum atomic E-state index is 0. The van der Waals surface area contributed by atoms with Crippen molar-refractivity contribution in [1.29, 1.82) is 0 Å². The maximum atomic E-state index is 5.98. The van der Waals surface area contributed by atoms with E-state index in [9.17, 15) is 0 Å². The minimum Gasteiger partial charge on any atom is -1.00 e. The summed E-state index contributed by atoms with van der Waals surface area (Å²) in [6.45, 7) is 14.3. The quantitative estimate of drug-likeness (QED) is 0.0756. The summed E-state index contributed by atoms with van der Waals surface area (Å²) < 4.78 is 2.59. The third kappa shape index (κ3) is 7.29. The standard InChI is InChI=1S/C28H24I2.C28H28N2.2CH4.HI.K/c2*1-15(2)25-27-24-22(18-6-10-20(30)11-7-18)13-12-21(17-4-8-19(29)9-5-17)23(24)26-16(3)14-28(25,26)27;;;;/h4-15,25-27H,1-3H3;4-15,25-27H,29-30H2,1-3H3;2*1H4;1H;/q;;;;;+1/p-1. The maximum Gasteiger partial charge on any atom is 1.00 e. The predicted molar refractivity (Wildman–Crippen MR) is 282 cm³/mol. The van der Waals surface area contributed by atoms with E-state index in [1.807, 2.05) is 24.3 Å². The zero-order valence-electron chi connectivity index (χ0n) is 36.6. The van der Waals surface area contributed by atoms with E-state index in [-0.39, 0.29) is 90.2 Å². The number of benzene rings is 6. The van der Waals surface area contributed by atoms with Crippen LogP contribution in [0, 0.1) is 41.6 Å². The fourth-order valence-electron chi connectivity index (χ4n) is 13.6. The van der Waals surface area contributed by atoms with Crippen molar-refractivity contribution in [3.8, 4) is 44.5 Å². The molecule has 0 aliphatic heterocycles. The van der Waals surface area contributed by atoms with E-state index in [4.69, 9.17) is 11.5 Å². The number of hydrogen-bond donors (Lipinski definition) is 2. The van der Waals surface area contributed by atoms with Gasteiger partial charge in [0.15, 0.2) is 0 Å². The van der Waals surface area contributed by atoms with E-state index < -0.39 is 0 Å². The first-order valence-electron chi connectivity index (χ1n) is 21.8. The van der Waals surface area contributed by atoms with Crippen molar-refractivity contribution < 1.29 is 75.4 Å². The van der Waals surface area contributed by atoms with Crippen molar-refractivity contribution in [2.75, 3.05) is 11.5 Å². The molecule has 6 heteroatoms. The molecule has 0 aromatic heterocycles. The molecule has 0 radical (unpaired) electrons. The van der Waals surface area contributed by atoms with Crippen LogP contribution >= 0.6 is 45.2 Å². The zero-order valence-corrected chi connectivity index (χ0v) is 46.2. The average Bonchev–Trinajstić information content (AvgIpc) is 4.06. The van der Waals surface area contributed by atoms with Gasteiger partial charge in [-0.25, -0.2) is 0 Å². The van der Waals surface area contributed by atoms with Crippen molar-refractivity contribution in [3.63, 3.8) is 0 Å². The molecule has 12 rings (SSSR count). The molecular weight excluding hydrogens is 1140 g/mol. The molecule has 4 N–H and O–H groups in total. The number of allylic oxidation sites excluding steroid dienone is 4. The van der Waals surface area contributed by atoms with Crippen molar-refractivity contribution >= 4 is 56.6 Å². The fraction of sp³-hybridized carbons (Fsp3) is 0.310. The molecule has 2 saturated carbocycles. The van der Waals surface area contributed by atoms with Gasteiger partial charge in [-0.3, -0.25) is 0 Å². The molecular formula is C58H60I3KN2. The Balaban J connectivity index is 0.000000180. The topological polar surface area (TPSA) is 52.0 Å². The third-order valence-electron chi connectivity index (χ3n) is 15.6.